The molecule has 0 heteroatoms. The highest BCUT2D eigenvalue weighted by Crippen LogP contribution is 2.50. The van der Waals surface area contributed by atoms with E-state index in [4.69, 9.17) is 6.42 Å². The van der Waals surface area contributed by atoms with Crippen molar-refractivity contribution >= 4 is 0 Å². The minimum Gasteiger partial charge on any atom is -0.119 e. The normalized spacial score (nSPS) is 23.1. The van der Waals surface area contributed by atoms with Gasteiger partial charge in [0, 0.05) is 5.41 Å². The van der Waals surface area contributed by atoms with E-state index >= 15 is 0 Å². The minimum absolute atomic E-state index is 0.201. The first-order valence-electron chi connectivity index (χ1n) is 4.50. The average molecular weight is 150 g/mol. The van der Waals surface area contributed by atoms with Crippen LogP contribution in [-0.2, 0) is 0 Å². The molecule has 0 heterocycles. The molecule has 0 aromatic rings. The summed E-state index contributed by atoms with van der Waals surface area (Å²) in [6, 6.07) is 0. The fourth-order valence-electron chi connectivity index (χ4n) is 2.09. The first-order chi connectivity index (χ1) is 5.02. The van der Waals surface area contributed by atoms with Crippen LogP contribution in [0.25, 0.3) is 0 Å². The fraction of sp³-hybridized carbons (Fsp3) is 0.818. The molecule has 0 N–H and O–H groups in total. The Kier molecular flexibility index (Phi) is 2.01. The topological polar surface area (TPSA) is 0 Å². The molecule has 0 aromatic carbocycles. The van der Waals surface area contributed by atoms with Crippen molar-refractivity contribution in [3.8, 4) is 12.3 Å². The highest BCUT2D eigenvalue weighted by Gasteiger charge is 2.42. The number of rotatable bonds is 0. The third-order valence-corrected chi connectivity index (χ3v) is 3.17. The Morgan fingerprint density at radius 3 is 1.82 bits per heavy atom. The first-order valence-corrected chi connectivity index (χ1v) is 4.50. The summed E-state index contributed by atoms with van der Waals surface area (Å²) >= 11 is 0. The molecule has 0 bridgehead atoms. The standard InChI is InChI=1S/C11H18/c1-5-11(10(2,3)4)8-6-7-9-11/h1H,6-9H2,2-4H3. The van der Waals surface area contributed by atoms with Crippen LogP contribution in [0.2, 0.25) is 0 Å². The molecule has 62 valence electrons. The smallest absolute Gasteiger partial charge is 0.0360 e. The molecule has 0 aromatic heterocycles. The summed E-state index contributed by atoms with van der Waals surface area (Å²) in [4.78, 5) is 0. The summed E-state index contributed by atoms with van der Waals surface area (Å²) in [5.74, 6) is 3.02. The molecule has 0 nitrogen and oxygen atoms in total. The largest absolute Gasteiger partial charge is 0.119 e. The van der Waals surface area contributed by atoms with E-state index in [0.717, 1.165) is 0 Å². The van der Waals surface area contributed by atoms with E-state index in [9.17, 15) is 0 Å². The van der Waals surface area contributed by atoms with Crippen LogP contribution < -0.4 is 0 Å². The van der Waals surface area contributed by atoms with Gasteiger partial charge in [-0.1, -0.05) is 39.5 Å². The zero-order valence-electron chi connectivity index (χ0n) is 7.91. The molecule has 0 atom stereocenters. The van der Waals surface area contributed by atoms with Gasteiger partial charge < -0.3 is 0 Å². The second kappa shape index (κ2) is 2.55. The molecule has 1 aliphatic rings. The molecule has 1 fully saturated rings. The Hall–Kier alpha value is -0.440. The van der Waals surface area contributed by atoms with Crippen molar-refractivity contribution in [1.82, 2.24) is 0 Å². The van der Waals surface area contributed by atoms with Gasteiger partial charge in [-0.05, 0) is 18.3 Å². The van der Waals surface area contributed by atoms with Crippen molar-refractivity contribution in [2.75, 3.05) is 0 Å². The van der Waals surface area contributed by atoms with Gasteiger partial charge in [-0.15, -0.1) is 6.42 Å². The van der Waals surface area contributed by atoms with Gasteiger partial charge in [-0.3, -0.25) is 0 Å². The summed E-state index contributed by atoms with van der Waals surface area (Å²) < 4.78 is 0. The van der Waals surface area contributed by atoms with Gasteiger partial charge in [0.05, 0.1) is 0 Å². The van der Waals surface area contributed by atoms with E-state index in [1.807, 2.05) is 0 Å². The van der Waals surface area contributed by atoms with Crippen LogP contribution in [0, 0.1) is 23.2 Å². The highest BCUT2D eigenvalue weighted by molar-refractivity contribution is 5.13. The monoisotopic (exact) mass is 150 g/mol. The molecule has 0 amide bonds. The van der Waals surface area contributed by atoms with Gasteiger partial charge >= 0.3 is 0 Å². The van der Waals surface area contributed by atoms with Crippen molar-refractivity contribution in [3.63, 3.8) is 0 Å². The summed E-state index contributed by atoms with van der Waals surface area (Å²) in [6.45, 7) is 6.79. The zero-order valence-corrected chi connectivity index (χ0v) is 7.91. The van der Waals surface area contributed by atoms with Crippen molar-refractivity contribution < 1.29 is 0 Å². The second-order valence-corrected chi connectivity index (χ2v) is 4.68. The predicted octanol–water partition coefficient (Wildman–Crippen LogP) is 3.23. The van der Waals surface area contributed by atoms with Gasteiger partial charge in [-0.25, -0.2) is 0 Å². The summed E-state index contributed by atoms with van der Waals surface area (Å²) in [7, 11) is 0. The Balaban J connectivity index is 2.86. The van der Waals surface area contributed by atoms with E-state index in [1.54, 1.807) is 0 Å². The number of terminal acetylenes is 1. The van der Waals surface area contributed by atoms with Crippen LogP contribution in [0.4, 0.5) is 0 Å². The van der Waals surface area contributed by atoms with Gasteiger partial charge in [0.25, 0.3) is 0 Å². The van der Waals surface area contributed by atoms with Crippen LogP contribution in [0.5, 0.6) is 0 Å². The molecule has 0 saturated heterocycles. The Bertz CT molecular complexity index is 169. The van der Waals surface area contributed by atoms with E-state index in [1.165, 1.54) is 25.7 Å². The Morgan fingerprint density at radius 1 is 1.18 bits per heavy atom. The first kappa shape index (κ1) is 8.65. The SMILES string of the molecule is C#CC1(C(C)(C)C)CCCC1. The average Bonchev–Trinajstić information content (AvgIpc) is 2.33. The van der Waals surface area contributed by atoms with E-state index in [0.29, 0.717) is 0 Å². The van der Waals surface area contributed by atoms with Gasteiger partial charge in [0.15, 0.2) is 0 Å². The lowest BCUT2D eigenvalue weighted by atomic mass is 9.66. The van der Waals surface area contributed by atoms with E-state index in [-0.39, 0.29) is 10.8 Å². The predicted molar refractivity (Wildman–Crippen MR) is 49.2 cm³/mol. The van der Waals surface area contributed by atoms with Crippen LogP contribution in [0.15, 0.2) is 0 Å². The van der Waals surface area contributed by atoms with E-state index < -0.39 is 0 Å². The molecule has 1 saturated carbocycles. The lowest BCUT2D eigenvalue weighted by Gasteiger charge is -2.37. The molecule has 1 aliphatic carbocycles. The summed E-state index contributed by atoms with van der Waals surface area (Å²) in [5.41, 5.74) is 0.491. The molecule has 0 spiro atoms. The maximum absolute atomic E-state index is 5.60. The zero-order chi connectivity index (χ0) is 8.54. The minimum atomic E-state index is 0.201. The fourth-order valence-corrected chi connectivity index (χ4v) is 2.09. The number of hydrogen-bond acceptors (Lipinski definition) is 0. The third-order valence-electron chi connectivity index (χ3n) is 3.17. The molecule has 0 radical (unpaired) electrons. The molecular weight excluding hydrogens is 132 g/mol. The van der Waals surface area contributed by atoms with Crippen molar-refractivity contribution in [2.24, 2.45) is 10.8 Å². The van der Waals surface area contributed by atoms with Crippen molar-refractivity contribution in [1.29, 1.82) is 0 Å². The van der Waals surface area contributed by atoms with Crippen LogP contribution in [0.1, 0.15) is 46.5 Å². The van der Waals surface area contributed by atoms with Gasteiger partial charge in [0.1, 0.15) is 0 Å². The lowest BCUT2D eigenvalue weighted by molar-refractivity contribution is 0.165. The molecule has 1 rings (SSSR count). The lowest BCUT2D eigenvalue weighted by Crippen LogP contribution is -2.31. The van der Waals surface area contributed by atoms with Gasteiger partial charge in [-0.2, -0.15) is 0 Å². The van der Waals surface area contributed by atoms with Crippen LogP contribution in [-0.4, -0.2) is 0 Å². The molecule has 0 unspecified atom stereocenters. The van der Waals surface area contributed by atoms with E-state index in [2.05, 4.69) is 26.7 Å². The molecular formula is C11H18. The Labute approximate surface area is 70.4 Å². The maximum Gasteiger partial charge on any atom is 0.0360 e. The van der Waals surface area contributed by atoms with Crippen molar-refractivity contribution in [3.05, 3.63) is 0 Å². The number of hydrogen-bond donors (Lipinski definition) is 0. The van der Waals surface area contributed by atoms with Crippen molar-refractivity contribution in [2.45, 2.75) is 46.5 Å². The molecule has 11 heavy (non-hydrogen) atoms. The quantitative estimate of drug-likeness (QED) is 0.465. The summed E-state index contributed by atoms with van der Waals surface area (Å²) in [6.07, 6.45) is 10.7. The second-order valence-electron chi connectivity index (χ2n) is 4.68. The van der Waals surface area contributed by atoms with Crippen LogP contribution in [0.3, 0.4) is 0 Å². The third kappa shape index (κ3) is 1.29. The molecule has 0 aliphatic heterocycles. The highest BCUT2D eigenvalue weighted by atomic mass is 14.4. The van der Waals surface area contributed by atoms with Crippen LogP contribution >= 0.6 is 0 Å². The Morgan fingerprint density at radius 2 is 1.64 bits per heavy atom. The maximum atomic E-state index is 5.60. The van der Waals surface area contributed by atoms with Gasteiger partial charge in [0.2, 0.25) is 0 Å². The summed E-state index contributed by atoms with van der Waals surface area (Å²) in [5, 5.41) is 0.